The summed E-state index contributed by atoms with van der Waals surface area (Å²) < 4.78 is 5.21. The van der Waals surface area contributed by atoms with Crippen LogP contribution in [0.25, 0.3) is 0 Å². The second kappa shape index (κ2) is 7.98. The number of hydrogen-bond acceptors (Lipinski definition) is 4. The number of aromatic nitrogens is 1. The van der Waals surface area contributed by atoms with Crippen molar-refractivity contribution >= 4 is 35.0 Å². The molecule has 0 atom stereocenters. The lowest BCUT2D eigenvalue weighted by Gasteiger charge is -2.11. The normalized spacial score (nSPS) is 10.8. The highest BCUT2D eigenvalue weighted by molar-refractivity contribution is 7.98. The van der Waals surface area contributed by atoms with Gasteiger partial charge >= 0.3 is 0 Å². The van der Waals surface area contributed by atoms with Gasteiger partial charge in [0.2, 0.25) is 0 Å². The summed E-state index contributed by atoms with van der Waals surface area (Å²) in [6, 6.07) is 13.1. The third kappa shape index (κ3) is 4.11. The number of carbonyl (C=O) groups excluding carboxylic acids is 1. The van der Waals surface area contributed by atoms with Gasteiger partial charge in [0.15, 0.2) is 0 Å². The smallest absolute Gasteiger partial charge is 0.256 e. The molecule has 0 saturated carbocycles. The van der Waals surface area contributed by atoms with Crippen LogP contribution in [0.3, 0.4) is 0 Å². The molecule has 26 heavy (non-hydrogen) atoms. The second-order valence-electron chi connectivity index (χ2n) is 6.02. The van der Waals surface area contributed by atoms with Gasteiger partial charge in [-0.1, -0.05) is 35.0 Å². The Morgan fingerprint density at radius 2 is 1.96 bits per heavy atom. The molecule has 2 aromatic carbocycles. The Hall–Kier alpha value is -2.24. The van der Waals surface area contributed by atoms with Crippen LogP contribution in [0, 0.1) is 20.8 Å². The minimum atomic E-state index is -0.183. The van der Waals surface area contributed by atoms with Crippen molar-refractivity contribution in [3.63, 3.8) is 0 Å². The molecule has 3 rings (SSSR count). The number of rotatable bonds is 5. The van der Waals surface area contributed by atoms with Crippen molar-refractivity contribution in [1.29, 1.82) is 0 Å². The van der Waals surface area contributed by atoms with Gasteiger partial charge in [-0.2, -0.15) is 0 Å². The summed E-state index contributed by atoms with van der Waals surface area (Å²) in [5.74, 6) is 1.32. The lowest BCUT2D eigenvalue weighted by atomic mass is 10.2. The zero-order chi connectivity index (χ0) is 18.7. The zero-order valence-electron chi connectivity index (χ0n) is 14.8. The number of aryl methyl sites for hydroxylation is 3. The molecule has 6 heteroatoms. The Balaban J connectivity index is 1.79. The predicted octanol–water partition coefficient (Wildman–Crippen LogP) is 5.80. The first-order valence-electron chi connectivity index (χ1n) is 8.17. The molecule has 0 aliphatic rings. The van der Waals surface area contributed by atoms with Crippen LogP contribution in [0.1, 0.15) is 32.9 Å². The number of nitrogens with one attached hydrogen (secondary N) is 1. The van der Waals surface area contributed by atoms with E-state index in [1.165, 1.54) is 0 Å². The van der Waals surface area contributed by atoms with E-state index in [1.807, 2.05) is 63.2 Å². The van der Waals surface area contributed by atoms with Crippen LogP contribution < -0.4 is 5.32 Å². The van der Waals surface area contributed by atoms with E-state index < -0.39 is 0 Å². The van der Waals surface area contributed by atoms with Gasteiger partial charge in [-0.25, -0.2) is 0 Å². The number of thioether (sulfide) groups is 1. The fourth-order valence-electron chi connectivity index (χ4n) is 2.55. The first kappa shape index (κ1) is 18.5. The molecule has 0 aliphatic heterocycles. The summed E-state index contributed by atoms with van der Waals surface area (Å²) in [6.07, 6.45) is 0. The third-order valence-corrected chi connectivity index (χ3v) is 5.47. The van der Waals surface area contributed by atoms with Crippen LogP contribution in [0.15, 0.2) is 51.9 Å². The van der Waals surface area contributed by atoms with Crippen molar-refractivity contribution in [2.45, 2.75) is 31.4 Å². The zero-order valence-corrected chi connectivity index (χ0v) is 16.4. The molecule has 1 N–H and O–H groups in total. The van der Waals surface area contributed by atoms with Crippen molar-refractivity contribution in [3.8, 4) is 0 Å². The van der Waals surface area contributed by atoms with Crippen LogP contribution in [0.5, 0.6) is 0 Å². The monoisotopic (exact) mass is 386 g/mol. The average Bonchev–Trinajstić information content (AvgIpc) is 2.94. The van der Waals surface area contributed by atoms with Crippen molar-refractivity contribution < 1.29 is 9.32 Å². The van der Waals surface area contributed by atoms with E-state index in [1.54, 1.807) is 11.8 Å². The average molecular weight is 387 g/mol. The van der Waals surface area contributed by atoms with Crippen molar-refractivity contribution in [3.05, 3.63) is 75.6 Å². The van der Waals surface area contributed by atoms with Gasteiger partial charge in [0.25, 0.3) is 5.91 Å². The van der Waals surface area contributed by atoms with E-state index in [0.717, 1.165) is 27.5 Å². The molecule has 1 amide bonds. The van der Waals surface area contributed by atoms with E-state index in [2.05, 4.69) is 10.5 Å². The highest BCUT2D eigenvalue weighted by Crippen LogP contribution is 2.30. The first-order chi connectivity index (χ1) is 12.5. The van der Waals surface area contributed by atoms with Crippen LogP contribution in [0.4, 0.5) is 5.69 Å². The maximum Gasteiger partial charge on any atom is 0.256 e. The van der Waals surface area contributed by atoms with E-state index in [0.29, 0.717) is 22.0 Å². The summed E-state index contributed by atoms with van der Waals surface area (Å²) in [4.78, 5) is 13.6. The fraction of sp³-hybridized carbons (Fsp3) is 0.200. The topological polar surface area (TPSA) is 55.1 Å². The van der Waals surface area contributed by atoms with Crippen molar-refractivity contribution in [1.82, 2.24) is 5.16 Å². The van der Waals surface area contributed by atoms with Gasteiger partial charge in [-0.3, -0.25) is 4.79 Å². The largest absolute Gasteiger partial charge is 0.361 e. The van der Waals surface area contributed by atoms with Crippen molar-refractivity contribution in [2.24, 2.45) is 0 Å². The maximum absolute atomic E-state index is 12.8. The lowest BCUT2D eigenvalue weighted by molar-refractivity contribution is 0.102. The molecular weight excluding hydrogens is 368 g/mol. The number of amides is 1. The molecule has 0 fully saturated rings. The van der Waals surface area contributed by atoms with E-state index in [9.17, 15) is 4.79 Å². The number of carbonyl (C=O) groups is 1. The number of halogens is 1. The molecule has 0 bridgehead atoms. The maximum atomic E-state index is 12.8. The van der Waals surface area contributed by atoms with Gasteiger partial charge in [-0.15, -0.1) is 11.8 Å². The molecule has 3 aromatic rings. The summed E-state index contributed by atoms with van der Waals surface area (Å²) in [6.45, 7) is 5.77. The van der Waals surface area contributed by atoms with Crippen LogP contribution in [0.2, 0.25) is 5.02 Å². The molecule has 4 nitrogen and oxygen atoms in total. The SMILES string of the molecule is Cc1ccc(NC(=O)c2ccccc2SCc2c(C)noc2C)c(Cl)c1. The number of benzene rings is 2. The lowest BCUT2D eigenvalue weighted by Crippen LogP contribution is -2.13. The van der Waals surface area contributed by atoms with Crippen LogP contribution >= 0.6 is 23.4 Å². The van der Waals surface area contributed by atoms with Crippen LogP contribution in [-0.2, 0) is 5.75 Å². The number of nitrogens with zero attached hydrogens (tertiary/aromatic N) is 1. The molecule has 0 aliphatic carbocycles. The molecule has 0 saturated heterocycles. The highest BCUT2D eigenvalue weighted by Gasteiger charge is 2.15. The summed E-state index contributed by atoms with van der Waals surface area (Å²) in [5, 5.41) is 7.40. The summed E-state index contributed by atoms with van der Waals surface area (Å²) >= 11 is 7.81. The third-order valence-electron chi connectivity index (χ3n) is 4.06. The van der Waals surface area contributed by atoms with E-state index >= 15 is 0 Å². The fourth-order valence-corrected chi connectivity index (χ4v) is 4.03. The molecule has 1 aromatic heterocycles. The van der Waals surface area contributed by atoms with Gasteiger partial charge < -0.3 is 9.84 Å². The van der Waals surface area contributed by atoms with Crippen molar-refractivity contribution in [2.75, 3.05) is 5.32 Å². The molecule has 1 heterocycles. The Bertz CT molecular complexity index is 933. The minimum Gasteiger partial charge on any atom is -0.361 e. The first-order valence-corrected chi connectivity index (χ1v) is 9.53. The number of anilines is 1. The Kier molecular flexibility index (Phi) is 5.69. The molecule has 0 unspecified atom stereocenters. The Morgan fingerprint density at radius 1 is 1.19 bits per heavy atom. The molecular formula is C20H19ClN2O2S. The Morgan fingerprint density at radius 3 is 2.65 bits per heavy atom. The summed E-state index contributed by atoms with van der Waals surface area (Å²) in [7, 11) is 0. The van der Waals surface area contributed by atoms with E-state index in [-0.39, 0.29) is 5.91 Å². The highest BCUT2D eigenvalue weighted by atomic mass is 35.5. The molecule has 0 spiro atoms. The van der Waals surface area contributed by atoms with Crippen LogP contribution in [-0.4, -0.2) is 11.1 Å². The standard InChI is InChI=1S/C20H19ClN2O2S/c1-12-8-9-18(17(21)10-12)22-20(24)15-6-4-5-7-19(15)26-11-16-13(2)23-25-14(16)3/h4-10H,11H2,1-3H3,(H,22,24). The molecule has 0 radical (unpaired) electrons. The molecule has 134 valence electrons. The van der Waals surface area contributed by atoms with Gasteiger partial charge in [0.1, 0.15) is 5.76 Å². The quantitative estimate of drug-likeness (QED) is 0.563. The minimum absolute atomic E-state index is 0.183. The van der Waals surface area contributed by atoms with E-state index in [4.69, 9.17) is 16.1 Å². The predicted molar refractivity (Wildman–Crippen MR) is 106 cm³/mol. The van der Waals surface area contributed by atoms with Gasteiger partial charge in [-0.05, 0) is 50.6 Å². The second-order valence-corrected chi connectivity index (χ2v) is 7.45. The Labute approximate surface area is 161 Å². The van der Waals surface area contributed by atoms with Gasteiger partial charge in [0.05, 0.1) is 22.0 Å². The number of hydrogen-bond donors (Lipinski definition) is 1. The summed E-state index contributed by atoms with van der Waals surface area (Å²) in [5.41, 5.74) is 4.20. The van der Waals surface area contributed by atoms with Gasteiger partial charge in [0, 0.05) is 16.2 Å².